The third kappa shape index (κ3) is 3.89. The molecule has 0 spiro atoms. The molecule has 0 aliphatic rings. The van der Waals surface area contributed by atoms with Gasteiger partial charge in [0, 0.05) is 22.1 Å². The highest BCUT2D eigenvalue weighted by Gasteiger charge is 2.12. The van der Waals surface area contributed by atoms with Crippen LogP contribution in [0.3, 0.4) is 0 Å². The van der Waals surface area contributed by atoms with Gasteiger partial charge in [-0.05, 0) is 23.8 Å². The van der Waals surface area contributed by atoms with Gasteiger partial charge in [-0.3, -0.25) is 4.98 Å². The molecule has 2 aromatic rings. The Morgan fingerprint density at radius 1 is 1.14 bits per heavy atom. The smallest absolute Gasteiger partial charge is 0.185 e. The summed E-state index contributed by atoms with van der Waals surface area (Å²) in [6.45, 7) is 0.309. The number of pyridine rings is 1. The molecule has 4 nitrogen and oxygen atoms in total. The van der Waals surface area contributed by atoms with Crippen molar-refractivity contribution in [2.24, 2.45) is 0 Å². The first-order chi connectivity index (χ1) is 10.2. The summed E-state index contributed by atoms with van der Waals surface area (Å²) in [6, 6.07) is 7.60. The van der Waals surface area contributed by atoms with Crippen molar-refractivity contribution in [2.45, 2.75) is 11.9 Å². The second-order valence-corrected chi connectivity index (χ2v) is 5.58. The molecule has 1 aromatic heterocycles. The van der Waals surface area contributed by atoms with Crippen LogP contribution in [0.1, 0.15) is 11.3 Å². The molecule has 0 fully saturated rings. The first-order valence-electron chi connectivity index (χ1n) is 6.22. The molecule has 0 unspecified atom stereocenters. The largest absolute Gasteiger partial charge is 0.493 e. The van der Waals surface area contributed by atoms with Crippen LogP contribution in [-0.2, 0) is 11.9 Å². The molecule has 0 bridgehead atoms. The molecule has 0 radical (unpaired) electrons. The SMILES string of the molecule is COc1ccnc(COc2ccc(Br)c(CBr)c2)c1OC. The second kappa shape index (κ2) is 7.66. The lowest BCUT2D eigenvalue weighted by molar-refractivity contribution is 0.284. The molecule has 2 rings (SSSR count). The van der Waals surface area contributed by atoms with Gasteiger partial charge in [0.2, 0.25) is 0 Å². The number of methoxy groups -OCH3 is 2. The normalized spacial score (nSPS) is 10.3. The van der Waals surface area contributed by atoms with E-state index in [2.05, 4.69) is 36.8 Å². The average Bonchev–Trinajstić information content (AvgIpc) is 2.53. The van der Waals surface area contributed by atoms with Crippen molar-refractivity contribution in [3.05, 3.63) is 46.2 Å². The van der Waals surface area contributed by atoms with Gasteiger partial charge >= 0.3 is 0 Å². The summed E-state index contributed by atoms with van der Waals surface area (Å²) in [7, 11) is 3.19. The number of aromatic nitrogens is 1. The molecule has 0 amide bonds. The van der Waals surface area contributed by atoms with Crippen molar-refractivity contribution in [1.82, 2.24) is 4.98 Å². The highest BCUT2D eigenvalue weighted by atomic mass is 79.9. The fourth-order valence-corrected chi connectivity index (χ4v) is 3.08. The minimum atomic E-state index is 0.309. The second-order valence-electron chi connectivity index (χ2n) is 4.17. The molecule has 0 N–H and O–H groups in total. The molecule has 1 heterocycles. The van der Waals surface area contributed by atoms with Crippen LogP contribution >= 0.6 is 31.9 Å². The maximum Gasteiger partial charge on any atom is 0.185 e. The minimum absolute atomic E-state index is 0.309. The number of nitrogens with zero attached hydrogens (tertiary/aromatic N) is 1. The van der Waals surface area contributed by atoms with Gasteiger partial charge < -0.3 is 14.2 Å². The van der Waals surface area contributed by atoms with Crippen molar-refractivity contribution < 1.29 is 14.2 Å². The van der Waals surface area contributed by atoms with E-state index in [0.717, 1.165) is 21.1 Å². The number of hydrogen-bond donors (Lipinski definition) is 0. The van der Waals surface area contributed by atoms with Gasteiger partial charge in [-0.2, -0.15) is 0 Å². The number of ether oxygens (including phenoxy) is 3. The molecular weight excluding hydrogens is 402 g/mol. The topological polar surface area (TPSA) is 40.6 Å². The molecule has 1 aromatic carbocycles. The Morgan fingerprint density at radius 2 is 1.95 bits per heavy atom. The molecule has 6 heteroatoms. The number of halogens is 2. The van der Waals surface area contributed by atoms with Crippen molar-refractivity contribution in [1.29, 1.82) is 0 Å². The highest BCUT2D eigenvalue weighted by molar-refractivity contribution is 9.10. The Labute approximate surface area is 140 Å². The zero-order valence-corrected chi connectivity index (χ0v) is 14.9. The predicted molar refractivity (Wildman–Crippen MR) is 88.4 cm³/mol. The van der Waals surface area contributed by atoms with Crippen molar-refractivity contribution >= 4 is 31.9 Å². The lowest BCUT2D eigenvalue weighted by Crippen LogP contribution is -2.03. The summed E-state index contributed by atoms with van der Waals surface area (Å²) < 4.78 is 17.4. The first kappa shape index (κ1) is 16.1. The standard InChI is InChI=1S/C15H15Br2NO3/c1-19-14-5-6-18-13(15(14)20-2)9-21-11-3-4-12(17)10(7-11)8-16/h3-7H,8-9H2,1-2H3. The van der Waals surface area contributed by atoms with Gasteiger partial charge in [0.1, 0.15) is 18.1 Å². The quantitative estimate of drug-likeness (QED) is 0.657. The van der Waals surface area contributed by atoms with E-state index in [0.29, 0.717) is 23.8 Å². The van der Waals surface area contributed by atoms with Crippen LogP contribution < -0.4 is 14.2 Å². The molecule has 21 heavy (non-hydrogen) atoms. The number of hydrogen-bond acceptors (Lipinski definition) is 4. The summed E-state index contributed by atoms with van der Waals surface area (Å²) in [4.78, 5) is 4.28. The lowest BCUT2D eigenvalue weighted by Gasteiger charge is -2.13. The van der Waals surface area contributed by atoms with E-state index in [1.807, 2.05) is 18.2 Å². The lowest BCUT2D eigenvalue weighted by atomic mass is 10.2. The molecule has 112 valence electrons. The monoisotopic (exact) mass is 415 g/mol. The van der Waals surface area contributed by atoms with Crippen molar-refractivity contribution in [3.63, 3.8) is 0 Å². The van der Waals surface area contributed by atoms with E-state index >= 15 is 0 Å². The van der Waals surface area contributed by atoms with Crippen LogP contribution in [0, 0.1) is 0 Å². The van der Waals surface area contributed by atoms with E-state index in [4.69, 9.17) is 14.2 Å². The zero-order valence-electron chi connectivity index (χ0n) is 11.7. The van der Waals surface area contributed by atoms with E-state index in [-0.39, 0.29) is 0 Å². The fraction of sp³-hybridized carbons (Fsp3) is 0.267. The van der Waals surface area contributed by atoms with Gasteiger partial charge in [-0.1, -0.05) is 31.9 Å². The molecule has 0 atom stereocenters. The maximum absolute atomic E-state index is 5.79. The van der Waals surface area contributed by atoms with Gasteiger partial charge in [0.15, 0.2) is 11.5 Å². The Morgan fingerprint density at radius 3 is 2.62 bits per heavy atom. The number of benzene rings is 1. The van der Waals surface area contributed by atoms with Crippen LogP contribution in [0.25, 0.3) is 0 Å². The van der Waals surface area contributed by atoms with Crippen LogP contribution in [0.4, 0.5) is 0 Å². The molecule has 0 aliphatic heterocycles. The van der Waals surface area contributed by atoms with Crippen molar-refractivity contribution in [3.8, 4) is 17.2 Å². The summed E-state index contributed by atoms with van der Waals surface area (Å²) >= 11 is 6.94. The third-order valence-electron chi connectivity index (χ3n) is 2.90. The van der Waals surface area contributed by atoms with Crippen LogP contribution in [0.2, 0.25) is 0 Å². The van der Waals surface area contributed by atoms with Crippen LogP contribution in [0.15, 0.2) is 34.9 Å². The Hall–Kier alpha value is -1.27. The zero-order chi connectivity index (χ0) is 15.2. The third-order valence-corrected chi connectivity index (χ3v) is 4.28. The van der Waals surface area contributed by atoms with Crippen LogP contribution in [0.5, 0.6) is 17.2 Å². The van der Waals surface area contributed by atoms with Crippen LogP contribution in [-0.4, -0.2) is 19.2 Å². The van der Waals surface area contributed by atoms with E-state index in [1.165, 1.54) is 0 Å². The fourth-order valence-electron chi connectivity index (χ4n) is 1.85. The Bertz CT molecular complexity index is 620. The van der Waals surface area contributed by atoms with Gasteiger partial charge in [0.25, 0.3) is 0 Å². The van der Waals surface area contributed by atoms with Gasteiger partial charge in [0.05, 0.1) is 14.2 Å². The first-order valence-corrected chi connectivity index (χ1v) is 8.14. The molecule has 0 saturated heterocycles. The summed E-state index contributed by atoms with van der Waals surface area (Å²) in [5.74, 6) is 2.01. The van der Waals surface area contributed by atoms with E-state index in [1.54, 1.807) is 26.5 Å². The van der Waals surface area contributed by atoms with E-state index in [9.17, 15) is 0 Å². The Balaban J connectivity index is 2.16. The predicted octanol–water partition coefficient (Wildman–Crippen LogP) is 4.34. The Kier molecular flexibility index (Phi) is 5.87. The number of rotatable bonds is 6. The maximum atomic E-state index is 5.79. The molecule has 0 aliphatic carbocycles. The van der Waals surface area contributed by atoms with Gasteiger partial charge in [-0.25, -0.2) is 0 Å². The number of alkyl halides is 1. The molecule has 0 saturated carbocycles. The average molecular weight is 417 g/mol. The summed E-state index contributed by atoms with van der Waals surface area (Å²) in [5, 5.41) is 0.755. The van der Waals surface area contributed by atoms with E-state index < -0.39 is 0 Å². The van der Waals surface area contributed by atoms with Crippen molar-refractivity contribution in [2.75, 3.05) is 14.2 Å². The highest BCUT2D eigenvalue weighted by Crippen LogP contribution is 2.30. The summed E-state index contributed by atoms with van der Waals surface area (Å²) in [5.41, 5.74) is 1.82. The molecular formula is C15H15Br2NO3. The minimum Gasteiger partial charge on any atom is -0.493 e. The van der Waals surface area contributed by atoms with Gasteiger partial charge in [-0.15, -0.1) is 0 Å². The summed E-state index contributed by atoms with van der Waals surface area (Å²) in [6.07, 6.45) is 1.67.